The van der Waals surface area contributed by atoms with Gasteiger partial charge < -0.3 is 5.32 Å². The van der Waals surface area contributed by atoms with Gasteiger partial charge in [0.05, 0.1) is 17.6 Å². The number of hydrogen-bond donors (Lipinski definition) is 1. The van der Waals surface area contributed by atoms with Crippen LogP contribution in [-0.4, -0.2) is 21.6 Å². The fraction of sp³-hybridized carbons (Fsp3) is 0.286. The van der Waals surface area contributed by atoms with E-state index in [0.29, 0.717) is 6.54 Å². The van der Waals surface area contributed by atoms with E-state index in [-0.39, 0.29) is 24.6 Å². The number of carbonyl (C=O) groups excluding carboxylic acids is 1. The maximum Gasteiger partial charge on any atom is 0.328 e. The van der Waals surface area contributed by atoms with Crippen molar-refractivity contribution in [3.05, 3.63) is 34.7 Å². The van der Waals surface area contributed by atoms with Gasteiger partial charge in [-0.1, -0.05) is 18.1 Å². The third-order valence-electron chi connectivity index (χ3n) is 3.00. The second kappa shape index (κ2) is 5.44. The summed E-state index contributed by atoms with van der Waals surface area (Å²) in [7, 11) is 1.72. The van der Waals surface area contributed by atoms with Crippen LogP contribution in [0.2, 0.25) is 0 Å². The number of fused-ring (bicyclic) bond motifs is 1. The molecule has 19 heavy (non-hydrogen) atoms. The Morgan fingerprint density at radius 1 is 1.37 bits per heavy atom. The van der Waals surface area contributed by atoms with E-state index in [1.54, 1.807) is 16.2 Å². The van der Waals surface area contributed by atoms with E-state index < -0.39 is 0 Å². The Labute approximate surface area is 110 Å². The third kappa shape index (κ3) is 2.52. The maximum atomic E-state index is 12.1. The summed E-state index contributed by atoms with van der Waals surface area (Å²) in [6.45, 7) is 0.555. The monoisotopic (exact) mass is 257 g/mol. The number of aromatic nitrogens is 2. The summed E-state index contributed by atoms with van der Waals surface area (Å²) in [6, 6.07) is 7.50. The fourth-order valence-electron chi connectivity index (χ4n) is 2.03. The van der Waals surface area contributed by atoms with Gasteiger partial charge in [0.25, 0.3) is 0 Å². The van der Waals surface area contributed by atoms with E-state index in [0.717, 1.165) is 11.0 Å². The van der Waals surface area contributed by atoms with Crippen LogP contribution in [0.5, 0.6) is 0 Å². The molecular weight excluding hydrogens is 242 g/mol. The first-order chi connectivity index (χ1) is 9.15. The summed E-state index contributed by atoms with van der Waals surface area (Å²) in [5.74, 6) is 2.18. The quantitative estimate of drug-likeness (QED) is 0.810. The first-order valence-electron chi connectivity index (χ1n) is 5.99. The van der Waals surface area contributed by atoms with Gasteiger partial charge in [0.1, 0.15) is 0 Å². The molecule has 98 valence electrons. The Hall–Kier alpha value is -2.48. The second-order valence-electron chi connectivity index (χ2n) is 4.21. The van der Waals surface area contributed by atoms with Gasteiger partial charge in [-0.2, -0.15) is 0 Å². The van der Waals surface area contributed by atoms with Crippen molar-refractivity contribution in [3.63, 3.8) is 0 Å². The SMILES string of the molecule is C#CCNC(=O)CCn1c(=O)n(C)c2ccccc21. The molecule has 2 aromatic rings. The Morgan fingerprint density at radius 3 is 2.74 bits per heavy atom. The Morgan fingerprint density at radius 2 is 2.05 bits per heavy atom. The summed E-state index contributed by atoms with van der Waals surface area (Å²) < 4.78 is 3.18. The normalized spacial score (nSPS) is 10.3. The number of nitrogens with zero attached hydrogens (tertiary/aromatic N) is 2. The summed E-state index contributed by atoms with van der Waals surface area (Å²) >= 11 is 0. The number of para-hydroxylation sites is 2. The van der Waals surface area contributed by atoms with E-state index in [1.165, 1.54) is 0 Å². The van der Waals surface area contributed by atoms with Crippen molar-refractivity contribution in [2.75, 3.05) is 6.54 Å². The van der Waals surface area contributed by atoms with Crippen LogP contribution < -0.4 is 11.0 Å². The molecule has 5 heteroatoms. The molecule has 0 radical (unpaired) electrons. The van der Waals surface area contributed by atoms with Crippen LogP contribution in [-0.2, 0) is 18.4 Å². The molecule has 5 nitrogen and oxygen atoms in total. The van der Waals surface area contributed by atoms with Gasteiger partial charge in [0.2, 0.25) is 5.91 Å². The fourth-order valence-corrected chi connectivity index (χ4v) is 2.03. The minimum absolute atomic E-state index is 0.119. The minimum Gasteiger partial charge on any atom is -0.345 e. The number of amides is 1. The van der Waals surface area contributed by atoms with Gasteiger partial charge >= 0.3 is 5.69 Å². The highest BCUT2D eigenvalue weighted by Crippen LogP contribution is 2.11. The van der Waals surface area contributed by atoms with Crippen LogP contribution in [0.1, 0.15) is 6.42 Å². The van der Waals surface area contributed by atoms with Crippen molar-refractivity contribution in [3.8, 4) is 12.3 Å². The molecule has 0 unspecified atom stereocenters. The highest BCUT2D eigenvalue weighted by molar-refractivity contribution is 5.78. The van der Waals surface area contributed by atoms with Crippen molar-refractivity contribution in [1.29, 1.82) is 0 Å². The summed E-state index contributed by atoms with van der Waals surface area (Å²) in [6.07, 6.45) is 5.29. The minimum atomic E-state index is -0.155. The van der Waals surface area contributed by atoms with Crippen LogP contribution >= 0.6 is 0 Å². The van der Waals surface area contributed by atoms with Crippen molar-refractivity contribution >= 4 is 16.9 Å². The molecule has 1 heterocycles. The predicted octanol–water partition coefficient (Wildman–Crippen LogP) is 0.479. The largest absolute Gasteiger partial charge is 0.345 e. The molecule has 0 atom stereocenters. The zero-order chi connectivity index (χ0) is 13.8. The van der Waals surface area contributed by atoms with Crippen LogP contribution in [0, 0.1) is 12.3 Å². The molecule has 0 fully saturated rings. The van der Waals surface area contributed by atoms with E-state index in [9.17, 15) is 9.59 Å². The van der Waals surface area contributed by atoms with Gasteiger partial charge in [-0.25, -0.2) is 4.79 Å². The average molecular weight is 257 g/mol. The number of nitrogens with one attached hydrogen (secondary N) is 1. The standard InChI is InChI=1S/C14H15N3O2/c1-3-9-15-13(18)8-10-17-12-7-5-4-6-11(12)16(2)14(17)19/h1,4-7H,8-10H2,2H3,(H,15,18). The van der Waals surface area contributed by atoms with E-state index in [4.69, 9.17) is 6.42 Å². The highest BCUT2D eigenvalue weighted by atomic mass is 16.2. The summed E-state index contributed by atoms with van der Waals surface area (Å²) in [5.41, 5.74) is 1.57. The number of aryl methyl sites for hydroxylation is 2. The molecule has 0 spiro atoms. The molecule has 0 aliphatic carbocycles. The Kier molecular flexibility index (Phi) is 3.71. The lowest BCUT2D eigenvalue weighted by Gasteiger charge is -2.03. The maximum absolute atomic E-state index is 12.1. The molecule has 1 aromatic heterocycles. The molecule has 2 rings (SSSR count). The number of imidazole rings is 1. The van der Waals surface area contributed by atoms with Gasteiger partial charge in [0, 0.05) is 20.0 Å². The van der Waals surface area contributed by atoms with Crippen LogP contribution in [0.3, 0.4) is 0 Å². The Balaban J connectivity index is 2.22. The lowest BCUT2D eigenvalue weighted by molar-refractivity contribution is -0.121. The van der Waals surface area contributed by atoms with Gasteiger partial charge in [-0.3, -0.25) is 13.9 Å². The molecule has 0 bridgehead atoms. The van der Waals surface area contributed by atoms with Crippen LogP contribution in [0.15, 0.2) is 29.1 Å². The third-order valence-corrected chi connectivity index (χ3v) is 3.00. The summed E-state index contributed by atoms with van der Waals surface area (Å²) in [5, 5.41) is 2.58. The smallest absolute Gasteiger partial charge is 0.328 e. The number of hydrogen-bond acceptors (Lipinski definition) is 2. The zero-order valence-electron chi connectivity index (χ0n) is 10.7. The number of carbonyl (C=O) groups is 1. The molecule has 1 amide bonds. The number of terminal acetylenes is 1. The van der Waals surface area contributed by atoms with Crippen molar-refractivity contribution in [2.24, 2.45) is 7.05 Å². The second-order valence-corrected chi connectivity index (χ2v) is 4.21. The molecule has 0 saturated carbocycles. The highest BCUT2D eigenvalue weighted by Gasteiger charge is 2.10. The van der Waals surface area contributed by atoms with E-state index in [2.05, 4.69) is 11.2 Å². The zero-order valence-corrected chi connectivity index (χ0v) is 10.7. The van der Waals surface area contributed by atoms with E-state index in [1.807, 2.05) is 24.3 Å². The van der Waals surface area contributed by atoms with Crippen LogP contribution in [0.4, 0.5) is 0 Å². The van der Waals surface area contributed by atoms with Crippen molar-refractivity contribution < 1.29 is 4.79 Å². The van der Waals surface area contributed by atoms with E-state index >= 15 is 0 Å². The predicted molar refractivity (Wildman–Crippen MR) is 73.6 cm³/mol. The summed E-state index contributed by atoms with van der Waals surface area (Å²) in [4.78, 5) is 23.6. The molecule has 0 aliphatic heterocycles. The number of rotatable bonds is 4. The molecule has 1 aromatic carbocycles. The average Bonchev–Trinajstić information content (AvgIpc) is 2.67. The molecular formula is C14H15N3O2. The van der Waals surface area contributed by atoms with Gasteiger partial charge in [0.15, 0.2) is 0 Å². The lowest BCUT2D eigenvalue weighted by atomic mass is 10.3. The Bertz CT molecular complexity index is 704. The topological polar surface area (TPSA) is 56.0 Å². The lowest BCUT2D eigenvalue weighted by Crippen LogP contribution is -2.28. The first-order valence-corrected chi connectivity index (χ1v) is 5.99. The first kappa shape index (κ1) is 13.0. The molecule has 1 N–H and O–H groups in total. The van der Waals surface area contributed by atoms with Gasteiger partial charge in [-0.05, 0) is 12.1 Å². The number of benzene rings is 1. The van der Waals surface area contributed by atoms with Crippen molar-refractivity contribution in [1.82, 2.24) is 14.5 Å². The molecule has 0 aliphatic rings. The molecule has 0 saturated heterocycles. The van der Waals surface area contributed by atoms with Crippen molar-refractivity contribution in [2.45, 2.75) is 13.0 Å². The van der Waals surface area contributed by atoms with Gasteiger partial charge in [-0.15, -0.1) is 6.42 Å². The van der Waals surface area contributed by atoms with Crippen LogP contribution in [0.25, 0.3) is 11.0 Å².